The van der Waals surface area contributed by atoms with Gasteiger partial charge >= 0.3 is 6.03 Å². The number of benzene rings is 2. The fourth-order valence-electron chi connectivity index (χ4n) is 3.49. The van der Waals surface area contributed by atoms with Crippen molar-refractivity contribution in [1.29, 1.82) is 0 Å². The quantitative estimate of drug-likeness (QED) is 0.248. The lowest BCUT2D eigenvalue weighted by Crippen LogP contribution is -2.47. The summed E-state index contributed by atoms with van der Waals surface area (Å²) in [6, 6.07) is 13.5. The molecule has 2 aromatic rings. The van der Waals surface area contributed by atoms with Crippen molar-refractivity contribution < 1.29 is 19.2 Å². The van der Waals surface area contributed by atoms with Gasteiger partial charge in [-0.05, 0) is 59.5 Å². The summed E-state index contributed by atoms with van der Waals surface area (Å²) >= 11 is 3.08. The largest absolute Gasteiger partial charge is 0.409 e. The molecule has 0 aromatic heterocycles. The zero-order chi connectivity index (χ0) is 22.4. The van der Waals surface area contributed by atoms with Crippen LogP contribution < -0.4 is 10.6 Å². The van der Waals surface area contributed by atoms with Gasteiger partial charge in [-0.3, -0.25) is 4.79 Å². The molecule has 1 aliphatic heterocycles. The van der Waals surface area contributed by atoms with Crippen LogP contribution in [0, 0.1) is 11.7 Å². The van der Waals surface area contributed by atoms with Crippen LogP contribution in [0.15, 0.2) is 58.2 Å². The molecule has 2 amide bonds. The zero-order valence-electron chi connectivity index (χ0n) is 17.0. The number of nitrogens with zero attached hydrogens (tertiary/aromatic N) is 2. The lowest BCUT2D eigenvalue weighted by molar-refractivity contribution is -0.117. The van der Waals surface area contributed by atoms with Crippen LogP contribution in [0.25, 0.3) is 0 Å². The Morgan fingerprint density at radius 3 is 2.48 bits per heavy atom. The number of urea groups is 1. The highest BCUT2D eigenvalue weighted by molar-refractivity contribution is 9.10. The van der Waals surface area contributed by atoms with E-state index in [4.69, 9.17) is 0 Å². The first-order valence-electron chi connectivity index (χ1n) is 9.97. The minimum Gasteiger partial charge on any atom is -0.409 e. The summed E-state index contributed by atoms with van der Waals surface area (Å²) in [6.45, 7) is 2.77. The van der Waals surface area contributed by atoms with Gasteiger partial charge in [-0.15, -0.1) is 0 Å². The second kappa shape index (κ2) is 10.4. The SMILES string of the molecule is C[C@H](NC(=O)N1CCC(C(=O)/C(=N/O)Nc2ccc(F)c(Br)c2)CC1)c1ccccc1. The number of hydrogen-bond donors (Lipinski definition) is 3. The summed E-state index contributed by atoms with van der Waals surface area (Å²) in [5, 5.41) is 18.1. The second-order valence-electron chi connectivity index (χ2n) is 7.41. The number of Topliss-reactive ketones (excluding diaryl/α,β-unsaturated/α-hetero) is 1. The Labute approximate surface area is 188 Å². The monoisotopic (exact) mass is 490 g/mol. The number of carbonyl (C=O) groups excluding carboxylic acids is 2. The van der Waals surface area contributed by atoms with E-state index in [1.165, 1.54) is 18.2 Å². The molecule has 1 aliphatic rings. The number of oxime groups is 1. The molecular weight excluding hydrogens is 467 g/mol. The number of amidine groups is 1. The van der Waals surface area contributed by atoms with E-state index in [2.05, 4.69) is 31.7 Å². The molecule has 7 nitrogen and oxygen atoms in total. The molecule has 2 aromatic carbocycles. The highest BCUT2D eigenvalue weighted by atomic mass is 79.9. The number of anilines is 1. The van der Waals surface area contributed by atoms with Crippen LogP contribution in [0.1, 0.15) is 31.4 Å². The second-order valence-corrected chi connectivity index (χ2v) is 8.26. The number of likely N-dealkylation sites (tertiary alicyclic amines) is 1. The van der Waals surface area contributed by atoms with E-state index in [0.29, 0.717) is 31.6 Å². The maximum Gasteiger partial charge on any atom is 0.317 e. The number of hydrogen-bond acceptors (Lipinski definition) is 4. The van der Waals surface area contributed by atoms with Crippen LogP contribution in [-0.4, -0.2) is 40.8 Å². The number of rotatable bonds is 5. The summed E-state index contributed by atoms with van der Waals surface area (Å²) in [4.78, 5) is 27.0. The maximum atomic E-state index is 13.4. The van der Waals surface area contributed by atoms with Gasteiger partial charge in [0.15, 0.2) is 0 Å². The number of amides is 2. The Morgan fingerprint density at radius 1 is 1.19 bits per heavy atom. The summed E-state index contributed by atoms with van der Waals surface area (Å²) < 4.78 is 13.6. The molecule has 1 fully saturated rings. The fourth-order valence-corrected chi connectivity index (χ4v) is 3.86. The van der Waals surface area contributed by atoms with Crippen molar-refractivity contribution in [2.75, 3.05) is 18.4 Å². The first kappa shape index (κ1) is 22.7. The number of piperidine rings is 1. The van der Waals surface area contributed by atoms with Crippen LogP contribution in [-0.2, 0) is 4.79 Å². The summed E-state index contributed by atoms with van der Waals surface area (Å²) in [5.41, 5.74) is 1.43. The average molecular weight is 491 g/mol. The molecule has 3 N–H and O–H groups in total. The lowest BCUT2D eigenvalue weighted by Gasteiger charge is -2.32. The Morgan fingerprint density at radius 2 is 1.87 bits per heavy atom. The van der Waals surface area contributed by atoms with Crippen LogP contribution >= 0.6 is 15.9 Å². The van der Waals surface area contributed by atoms with Gasteiger partial charge < -0.3 is 20.7 Å². The Balaban J connectivity index is 1.53. The smallest absolute Gasteiger partial charge is 0.317 e. The minimum absolute atomic E-state index is 0.125. The predicted molar refractivity (Wildman–Crippen MR) is 120 cm³/mol. The van der Waals surface area contributed by atoms with Gasteiger partial charge in [0.05, 0.1) is 10.5 Å². The third kappa shape index (κ3) is 5.81. The van der Waals surface area contributed by atoms with E-state index in [0.717, 1.165) is 5.56 Å². The van der Waals surface area contributed by atoms with Gasteiger partial charge in [0.1, 0.15) is 5.82 Å². The number of nitrogens with one attached hydrogen (secondary N) is 2. The van der Waals surface area contributed by atoms with Gasteiger partial charge in [-0.2, -0.15) is 0 Å². The number of halogens is 2. The molecule has 1 atom stereocenters. The van der Waals surface area contributed by atoms with Gasteiger partial charge in [-0.1, -0.05) is 35.5 Å². The van der Waals surface area contributed by atoms with Gasteiger partial charge in [0.25, 0.3) is 0 Å². The van der Waals surface area contributed by atoms with E-state index >= 15 is 0 Å². The van der Waals surface area contributed by atoms with Crippen molar-refractivity contribution in [1.82, 2.24) is 10.2 Å². The molecular formula is C22H24BrFN4O3. The first-order valence-corrected chi connectivity index (χ1v) is 10.8. The molecule has 1 saturated heterocycles. The van der Waals surface area contributed by atoms with E-state index < -0.39 is 5.82 Å². The molecule has 0 saturated carbocycles. The number of ketones is 1. The molecule has 0 aliphatic carbocycles. The Hall–Kier alpha value is -2.94. The third-order valence-electron chi connectivity index (χ3n) is 5.31. The molecule has 0 unspecified atom stereocenters. The van der Waals surface area contributed by atoms with Crippen molar-refractivity contribution >= 4 is 39.3 Å². The van der Waals surface area contributed by atoms with Crippen LogP contribution in [0.5, 0.6) is 0 Å². The van der Waals surface area contributed by atoms with Crippen LogP contribution in [0.2, 0.25) is 0 Å². The minimum atomic E-state index is -0.438. The van der Waals surface area contributed by atoms with E-state index in [-0.39, 0.29) is 34.1 Å². The van der Waals surface area contributed by atoms with Gasteiger partial charge in [0.2, 0.25) is 11.6 Å². The molecule has 0 radical (unpaired) electrons. The summed E-state index contributed by atoms with van der Waals surface area (Å²) in [7, 11) is 0. The molecule has 3 rings (SSSR count). The Kier molecular flexibility index (Phi) is 7.62. The van der Waals surface area contributed by atoms with Gasteiger partial charge in [-0.25, -0.2) is 9.18 Å². The van der Waals surface area contributed by atoms with E-state index in [9.17, 15) is 19.2 Å². The lowest BCUT2D eigenvalue weighted by atomic mass is 9.92. The van der Waals surface area contributed by atoms with Gasteiger partial charge in [0, 0.05) is 24.7 Å². The van der Waals surface area contributed by atoms with Crippen molar-refractivity contribution in [3.05, 3.63) is 64.4 Å². The molecule has 9 heteroatoms. The fraction of sp³-hybridized carbons (Fsp3) is 0.318. The van der Waals surface area contributed by atoms with Crippen LogP contribution in [0.3, 0.4) is 0 Å². The van der Waals surface area contributed by atoms with Crippen molar-refractivity contribution in [3.8, 4) is 0 Å². The summed E-state index contributed by atoms with van der Waals surface area (Å²) in [6.07, 6.45) is 0.916. The zero-order valence-corrected chi connectivity index (χ0v) is 18.6. The standard InChI is InChI=1S/C22H24BrFN4O3/c1-14(15-5-3-2-4-6-15)25-22(30)28-11-9-16(10-12-28)20(29)21(27-31)26-17-7-8-19(24)18(23)13-17/h2-8,13-14,16,31H,9-12H2,1H3,(H,25,30)(H,26,27)/t14-/m0/s1. The molecule has 0 spiro atoms. The number of carbonyl (C=O) groups is 2. The predicted octanol–water partition coefficient (Wildman–Crippen LogP) is 4.54. The summed E-state index contributed by atoms with van der Waals surface area (Å²) in [5.74, 6) is -1.37. The molecule has 31 heavy (non-hydrogen) atoms. The highest BCUT2D eigenvalue weighted by Crippen LogP contribution is 2.23. The van der Waals surface area contributed by atoms with E-state index in [1.54, 1.807) is 4.90 Å². The molecule has 0 bridgehead atoms. The molecule has 1 heterocycles. The third-order valence-corrected chi connectivity index (χ3v) is 5.92. The van der Waals surface area contributed by atoms with Crippen LogP contribution in [0.4, 0.5) is 14.9 Å². The first-order chi connectivity index (χ1) is 14.9. The maximum absolute atomic E-state index is 13.4. The van der Waals surface area contributed by atoms with Crippen molar-refractivity contribution in [3.63, 3.8) is 0 Å². The topological polar surface area (TPSA) is 94.0 Å². The normalized spacial score (nSPS) is 16.0. The van der Waals surface area contributed by atoms with Crippen molar-refractivity contribution in [2.24, 2.45) is 11.1 Å². The molecule has 164 valence electrons. The average Bonchev–Trinajstić information content (AvgIpc) is 2.80. The van der Waals surface area contributed by atoms with Crippen molar-refractivity contribution in [2.45, 2.75) is 25.8 Å². The Bertz CT molecular complexity index is 962. The van der Waals surface area contributed by atoms with E-state index in [1.807, 2.05) is 37.3 Å². The highest BCUT2D eigenvalue weighted by Gasteiger charge is 2.30.